The van der Waals surface area contributed by atoms with Gasteiger partial charge in [-0.2, -0.15) is 0 Å². The van der Waals surface area contributed by atoms with Crippen LogP contribution in [-0.2, 0) is 18.9 Å². The molecule has 1 unspecified atom stereocenters. The maximum atomic E-state index is 12.7. The lowest BCUT2D eigenvalue weighted by atomic mass is 10.1. The first kappa shape index (κ1) is 28.9. The van der Waals surface area contributed by atoms with Gasteiger partial charge in [-0.25, -0.2) is 4.79 Å². The Morgan fingerprint density at radius 3 is 2.25 bits per heavy atom. The highest BCUT2D eigenvalue weighted by Crippen LogP contribution is 2.31. The van der Waals surface area contributed by atoms with Crippen molar-refractivity contribution in [2.75, 3.05) is 26.6 Å². The lowest BCUT2D eigenvalue weighted by Gasteiger charge is -2.17. The number of rotatable bonds is 13. The Morgan fingerprint density at radius 2 is 1.52 bits per heavy atom. The minimum absolute atomic E-state index is 0.0392. The predicted octanol–water partition coefficient (Wildman–Crippen LogP) is 4.37. The molecule has 2 saturated heterocycles. The van der Waals surface area contributed by atoms with Gasteiger partial charge in [-0.15, -0.1) is 6.42 Å². The summed E-state index contributed by atoms with van der Waals surface area (Å²) >= 11 is 0. The Bertz CT molecular complexity index is 1260. The molecule has 2 aromatic carbocycles. The molecule has 0 radical (unpaired) electrons. The molecule has 0 aliphatic carbocycles. The van der Waals surface area contributed by atoms with Gasteiger partial charge < -0.3 is 33.2 Å². The van der Waals surface area contributed by atoms with Gasteiger partial charge >= 0.3 is 5.97 Å². The lowest BCUT2D eigenvalue weighted by Crippen LogP contribution is -2.35. The van der Waals surface area contributed by atoms with Crippen LogP contribution in [0.2, 0.25) is 0 Å². The van der Waals surface area contributed by atoms with E-state index in [1.54, 1.807) is 24.3 Å². The van der Waals surface area contributed by atoms with Crippen molar-refractivity contribution in [3.8, 4) is 53.5 Å². The second-order valence-corrected chi connectivity index (χ2v) is 9.14. The van der Waals surface area contributed by atoms with Crippen LogP contribution in [0.1, 0.15) is 43.0 Å². The van der Waals surface area contributed by atoms with Crippen LogP contribution >= 0.6 is 0 Å². The van der Waals surface area contributed by atoms with Crippen molar-refractivity contribution in [2.24, 2.45) is 0 Å². The monoisotopic (exact) mass is 544 g/mol. The Morgan fingerprint density at radius 1 is 0.850 bits per heavy atom. The quantitative estimate of drug-likeness (QED) is 0.159. The summed E-state index contributed by atoms with van der Waals surface area (Å²) in [5, 5.41) is 0. The van der Waals surface area contributed by atoms with Crippen LogP contribution in [0.15, 0.2) is 48.5 Å². The molecule has 2 aliphatic heterocycles. The molecule has 4 atom stereocenters. The molecule has 4 rings (SSSR count). The average Bonchev–Trinajstić information content (AvgIpc) is 3.57. The number of terminal acetylenes is 1. The maximum absolute atomic E-state index is 12.7. The molecule has 0 amide bonds. The van der Waals surface area contributed by atoms with Crippen LogP contribution in [0.3, 0.4) is 0 Å². The Kier molecular flexibility index (Phi) is 11.2. The van der Waals surface area contributed by atoms with Crippen LogP contribution in [0.25, 0.3) is 0 Å². The Hall–Kier alpha value is -4.13. The number of fused-ring (bicyclic) bond motifs is 1. The molecule has 208 valence electrons. The number of carbonyl (C=O) groups excluding carboxylic acids is 1. The van der Waals surface area contributed by atoms with Crippen LogP contribution in [0, 0.1) is 36.2 Å². The standard InChI is InChI=1S/C32H32O8/c1-3-5-7-9-19-34-25-13-11-24(12-14-25)32(33)40-29-22-37-30-28(21-36-31(29)30)39-23-38-27-17-15-26(16-18-27)35-20-10-8-6-4-2/h1,11-18,28-31H,4,6,8,10,20-23H2,2H3/t28?,29-,30-,31-/m0/s1. The first-order valence-electron chi connectivity index (χ1n) is 13.3. The van der Waals surface area contributed by atoms with Crippen molar-refractivity contribution >= 4 is 5.97 Å². The van der Waals surface area contributed by atoms with Gasteiger partial charge in [0.25, 0.3) is 0 Å². The molecule has 0 N–H and O–H groups in total. The summed E-state index contributed by atoms with van der Waals surface area (Å²) in [5.41, 5.74) is 0.364. The highest BCUT2D eigenvalue weighted by atomic mass is 16.7. The van der Waals surface area contributed by atoms with Gasteiger partial charge in [-0.3, -0.25) is 0 Å². The molecule has 8 heteroatoms. The zero-order valence-electron chi connectivity index (χ0n) is 22.4. The molecular formula is C32H32O8. The number of unbranched alkanes of at least 4 members (excludes halogenated alkanes) is 3. The van der Waals surface area contributed by atoms with E-state index in [-0.39, 0.29) is 25.6 Å². The molecule has 0 saturated carbocycles. The number of carbonyl (C=O) groups is 1. The summed E-state index contributed by atoms with van der Waals surface area (Å²) in [5.74, 6) is 10.9. The van der Waals surface area contributed by atoms with Crippen LogP contribution < -0.4 is 14.2 Å². The molecule has 2 heterocycles. The number of hydrogen-bond donors (Lipinski definition) is 0. The molecule has 2 aliphatic rings. The predicted molar refractivity (Wildman–Crippen MR) is 147 cm³/mol. The second kappa shape index (κ2) is 15.5. The van der Waals surface area contributed by atoms with Gasteiger partial charge in [-0.05, 0) is 66.8 Å². The lowest BCUT2D eigenvalue weighted by molar-refractivity contribution is -0.0839. The van der Waals surface area contributed by atoms with Crippen LogP contribution in [0.5, 0.6) is 17.2 Å². The third-order valence-corrected chi connectivity index (χ3v) is 6.33. The van der Waals surface area contributed by atoms with Gasteiger partial charge in [0.05, 0.1) is 25.4 Å². The number of benzene rings is 2. The molecule has 8 nitrogen and oxygen atoms in total. The summed E-state index contributed by atoms with van der Waals surface area (Å²) < 4.78 is 40.0. The van der Waals surface area contributed by atoms with E-state index < -0.39 is 18.2 Å². The van der Waals surface area contributed by atoms with E-state index in [1.165, 1.54) is 19.3 Å². The summed E-state index contributed by atoms with van der Waals surface area (Å²) in [6, 6.07) is 13.9. The highest BCUT2D eigenvalue weighted by molar-refractivity contribution is 5.89. The molecule has 0 bridgehead atoms. The van der Waals surface area contributed by atoms with Gasteiger partial charge in [0, 0.05) is 11.8 Å². The van der Waals surface area contributed by atoms with E-state index in [9.17, 15) is 4.79 Å². The maximum Gasteiger partial charge on any atom is 0.338 e. The van der Waals surface area contributed by atoms with E-state index in [4.69, 9.17) is 39.6 Å². The van der Waals surface area contributed by atoms with Crippen molar-refractivity contribution in [3.05, 3.63) is 54.1 Å². The van der Waals surface area contributed by atoms with E-state index in [1.807, 2.05) is 24.3 Å². The molecular weight excluding hydrogens is 512 g/mol. The van der Waals surface area contributed by atoms with Crippen molar-refractivity contribution in [1.29, 1.82) is 0 Å². The summed E-state index contributed by atoms with van der Waals surface area (Å²) in [4.78, 5) is 12.7. The minimum atomic E-state index is -0.543. The molecule has 2 fully saturated rings. The van der Waals surface area contributed by atoms with Crippen molar-refractivity contribution in [3.63, 3.8) is 0 Å². The van der Waals surface area contributed by atoms with E-state index >= 15 is 0 Å². The smallest absolute Gasteiger partial charge is 0.338 e. The van der Waals surface area contributed by atoms with Gasteiger partial charge in [0.1, 0.15) is 41.7 Å². The summed E-state index contributed by atoms with van der Waals surface area (Å²) in [6.45, 7) is 3.48. The van der Waals surface area contributed by atoms with Crippen LogP contribution in [0.4, 0.5) is 0 Å². The van der Waals surface area contributed by atoms with Crippen LogP contribution in [-0.4, -0.2) is 57.0 Å². The van der Waals surface area contributed by atoms with Gasteiger partial charge in [-0.1, -0.05) is 26.2 Å². The van der Waals surface area contributed by atoms with E-state index in [0.29, 0.717) is 30.3 Å². The number of hydrogen-bond acceptors (Lipinski definition) is 8. The van der Waals surface area contributed by atoms with E-state index in [0.717, 1.165) is 12.2 Å². The first-order valence-corrected chi connectivity index (χ1v) is 13.3. The molecule has 0 aromatic heterocycles. The fourth-order valence-corrected chi connectivity index (χ4v) is 4.26. The fourth-order valence-electron chi connectivity index (χ4n) is 4.26. The third-order valence-electron chi connectivity index (χ3n) is 6.33. The molecule has 0 spiro atoms. The summed E-state index contributed by atoms with van der Waals surface area (Å²) in [7, 11) is 0. The molecule has 2 aromatic rings. The largest absolute Gasteiger partial charge is 0.494 e. The zero-order valence-corrected chi connectivity index (χ0v) is 22.4. The third kappa shape index (κ3) is 8.43. The zero-order chi connectivity index (χ0) is 28.0. The minimum Gasteiger partial charge on any atom is -0.494 e. The fraction of sp³-hybridized carbons (Fsp3) is 0.406. The normalized spacial score (nSPS) is 20.6. The van der Waals surface area contributed by atoms with Crippen molar-refractivity contribution in [1.82, 2.24) is 0 Å². The van der Waals surface area contributed by atoms with E-state index in [2.05, 4.69) is 36.7 Å². The molecule has 40 heavy (non-hydrogen) atoms. The van der Waals surface area contributed by atoms with Crippen molar-refractivity contribution in [2.45, 2.75) is 57.0 Å². The first-order chi connectivity index (χ1) is 19.7. The highest BCUT2D eigenvalue weighted by Gasteiger charge is 2.50. The Balaban J connectivity index is 1.17. The summed E-state index contributed by atoms with van der Waals surface area (Å²) in [6.07, 6.45) is 10.5. The van der Waals surface area contributed by atoms with Crippen molar-refractivity contribution < 1.29 is 38.0 Å². The average molecular weight is 545 g/mol. The van der Waals surface area contributed by atoms with Gasteiger partial charge in [0.15, 0.2) is 12.9 Å². The SMILES string of the molecule is C#CC#CC#COc1ccc(C(=O)O[C@H]2CO[C@H]3C(OCOc4ccc(OCCCCCC)cc4)CO[C@@H]23)cc1. The van der Waals surface area contributed by atoms with Gasteiger partial charge in [0.2, 0.25) is 0 Å². The number of ether oxygens (including phenoxy) is 7. The number of esters is 1. The Labute approximate surface area is 235 Å². The second-order valence-electron chi connectivity index (χ2n) is 9.14. The topological polar surface area (TPSA) is 81.7 Å².